The summed E-state index contributed by atoms with van der Waals surface area (Å²) >= 11 is 0. The van der Waals surface area contributed by atoms with E-state index in [4.69, 9.17) is 0 Å². The predicted molar refractivity (Wildman–Crippen MR) is 102 cm³/mol. The maximum atomic E-state index is 13.5. The van der Waals surface area contributed by atoms with Crippen LogP contribution in [0.2, 0.25) is 0 Å². The molecule has 0 fully saturated rings. The van der Waals surface area contributed by atoms with Crippen molar-refractivity contribution in [1.82, 2.24) is 0 Å². The van der Waals surface area contributed by atoms with E-state index in [1.165, 1.54) is 0 Å². The summed E-state index contributed by atoms with van der Waals surface area (Å²) in [6.45, 7) is 6.52. The smallest absolute Gasteiger partial charge is 0.459 e. The molecule has 22 heteroatoms. The summed E-state index contributed by atoms with van der Waals surface area (Å²) < 4.78 is 234. The zero-order chi connectivity index (χ0) is 34.7. The molecule has 0 saturated heterocycles. The van der Waals surface area contributed by atoms with Crippen LogP contribution in [-0.2, 0) is 19.1 Å². The van der Waals surface area contributed by atoms with Gasteiger partial charge in [-0.1, -0.05) is 20.1 Å². The number of hydrogen-bond donors (Lipinski definition) is 0. The summed E-state index contributed by atoms with van der Waals surface area (Å²) in [5.41, 5.74) is 0. The second-order valence-electron chi connectivity index (χ2n) is 7.96. The van der Waals surface area contributed by atoms with Gasteiger partial charge in [-0.15, -0.1) is 0 Å². The molecule has 0 aromatic heterocycles. The second kappa shape index (κ2) is 12.8. The third kappa shape index (κ3) is 7.75. The van der Waals surface area contributed by atoms with Crippen molar-refractivity contribution in [2.75, 3.05) is 0 Å². The number of esters is 2. The van der Waals surface area contributed by atoms with E-state index in [0.717, 1.165) is 0 Å². The Morgan fingerprint density at radius 1 is 0.524 bits per heavy atom. The normalized spacial score (nSPS) is 16.3. The molecular formula is C20H18F18O4. The molecular weight excluding hydrogens is 646 g/mol. The van der Waals surface area contributed by atoms with E-state index >= 15 is 0 Å². The van der Waals surface area contributed by atoms with Gasteiger partial charge in [0.05, 0.1) is 5.92 Å². The van der Waals surface area contributed by atoms with Gasteiger partial charge in [-0.2, -0.15) is 79.0 Å². The summed E-state index contributed by atoms with van der Waals surface area (Å²) in [5, 5.41) is 0. The molecule has 0 aliphatic carbocycles. The third-order valence-electron chi connectivity index (χ3n) is 5.05. The summed E-state index contributed by atoms with van der Waals surface area (Å²) in [6, 6.07) is 0. The maximum absolute atomic E-state index is 13.5. The molecule has 4 nitrogen and oxygen atoms in total. The molecule has 0 spiro atoms. The van der Waals surface area contributed by atoms with E-state index in [2.05, 4.69) is 22.6 Å². The highest BCUT2D eigenvalue weighted by atomic mass is 19.4. The highest BCUT2D eigenvalue weighted by Crippen LogP contribution is 2.56. The van der Waals surface area contributed by atoms with Crippen molar-refractivity contribution in [2.24, 2.45) is 5.92 Å². The van der Waals surface area contributed by atoms with Crippen molar-refractivity contribution < 1.29 is 98.1 Å². The Kier molecular flexibility index (Phi) is 12.6. The number of carbonyl (C=O) groups excluding carboxylic acids is 2. The van der Waals surface area contributed by atoms with Crippen LogP contribution in [0.3, 0.4) is 0 Å². The first-order valence-corrected chi connectivity index (χ1v) is 10.2. The largest absolute Gasteiger partial charge is 0.460 e. The minimum Gasteiger partial charge on any atom is -0.459 e. The molecule has 0 rings (SSSR count). The van der Waals surface area contributed by atoms with E-state index in [9.17, 15) is 88.6 Å². The van der Waals surface area contributed by atoms with Crippen LogP contribution in [0.4, 0.5) is 79.0 Å². The van der Waals surface area contributed by atoms with Gasteiger partial charge in [0, 0.05) is 12.2 Å². The first-order chi connectivity index (χ1) is 18.2. The van der Waals surface area contributed by atoms with Crippen LogP contribution < -0.4 is 0 Å². The van der Waals surface area contributed by atoms with Gasteiger partial charge in [0.25, 0.3) is 0 Å². The Balaban J connectivity index is 0. The average molecular weight is 664 g/mol. The Labute approximate surface area is 223 Å². The van der Waals surface area contributed by atoms with E-state index in [1.54, 1.807) is 0 Å². The molecule has 0 bridgehead atoms. The Morgan fingerprint density at radius 3 is 1.10 bits per heavy atom. The summed E-state index contributed by atoms with van der Waals surface area (Å²) in [4.78, 5) is 21.3. The van der Waals surface area contributed by atoms with Gasteiger partial charge in [-0.3, -0.25) is 0 Å². The first-order valence-electron chi connectivity index (χ1n) is 10.2. The zero-order valence-electron chi connectivity index (χ0n) is 20.7. The number of carbonyl (C=O) groups is 2. The predicted octanol–water partition coefficient (Wildman–Crippen LogP) is 7.78. The van der Waals surface area contributed by atoms with Crippen molar-refractivity contribution >= 4 is 11.9 Å². The first kappa shape index (κ1) is 41.3. The van der Waals surface area contributed by atoms with Gasteiger partial charge < -0.3 is 9.47 Å². The van der Waals surface area contributed by atoms with Gasteiger partial charge in [-0.25, -0.2) is 9.59 Å². The van der Waals surface area contributed by atoms with Crippen molar-refractivity contribution in [2.45, 2.75) is 80.9 Å². The lowest BCUT2D eigenvalue weighted by molar-refractivity contribution is -0.404. The number of alkyl halides is 18. The van der Waals surface area contributed by atoms with Crippen molar-refractivity contribution in [3.8, 4) is 0 Å². The van der Waals surface area contributed by atoms with Gasteiger partial charge >= 0.3 is 59.8 Å². The van der Waals surface area contributed by atoms with Gasteiger partial charge in [0.1, 0.15) is 6.10 Å². The molecule has 0 heterocycles. The number of ether oxygens (including phenoxy) is 2. The maximum Gasteiger partial charge on any atom is 0.460 e. The lowest BCUT2D eigenvalue weighted by Crippen LogP contribution is -2.64. The monoisotopic (exact) mass is 664 g/mol. The van der Waals surface area contributed by atoms with E-state index in [-0.39, 0.29) is 19.9 Å². The molecule has 0 aromatic carbocycles. The quantitative estimate of drug-likeness (QED) is 0.129. The summed E-state index contributed by atoms with van der Waals surface area (Å²) in [5.74, 6) is -45.2. The zero-order valence-corrected chi connectivity index (χ0v) is 20.7. The SMILES string of the molecule is C=CC(=O)OC(C)C(C)C(F)(F)C(F)(F)C(F)(F)C(F)(F)F.C=CC(=O)OC(C)C(F)(F)C(F)(F)C(F)(F)C(F)(F)F. The van der Waals surface area contributed by atoms with Crippen molar-refractivity contribution in [3.63, 3.8) is 0 Å². The van der Waals surface area contributed by atoms with Gasteiger partial charge in [-0.05, 0) is 13.8 Å². The minimum atomic E-state index is -7.02. The van der Waals surface area contributed by atoms with Crippen LogP contribution in [-0.4, -0.2) is 72.0 Å². The van der Waals surface area contributed by atoms with Crippen LogP contribution in [0.15, 0.2) is 25.3 Å². The van der Waals surface area contributed by atoms with Crippen molar-refractivity contribution in [1.29, 1.82) is 0 Å². The Morgan fingerprint density at radius 2 is 0.810 bits per heavy atom. The molecule has 0 saturated carbocycles. The minimum absolute atomic E-state index is 0.0434. The van der Waals surface area contributed by atoms with Gasteiger partial charge in [0.15, 0.2) is 6.10 Å². The molecule has 42 heavy (non-hydrogen) atoms. The number of halogens is 18. The third-order valence-corrected chi connectivity index (χ3v) is 5.05. The molecule has 0 aliphatic heterocycles. The molecule has 0 aliphatic rings. The van der Waals surface area contributed by atoms with Crippen LogP contribution in [0.5, 0.6) is 0 Å². The summed E-state index contributed by atoms with van der Waals surface area (Å²) in [6.07, 6.45) is -18.4. The highest BCUT2D eigenvalue weighted by Gasteiger charge is 2.84. The van der Waals surface area contributed by atoms with Gasteiger partial charge in [0.2, 0.25) is 0 Å². The highest BCUT2D eigenvalue weighted by molar-refractivity contribution is 5.81. The van der Waals surface area contributed by atoms with Crippen molar-refractivity contribution in [3.05, 3.63) is 25.3 Å². The Bertz CT molecular complexity index is 967. The topological polar surface area (TPSA) is 52.6 Å². The van der Waals surface area contributed by atoms with E-state index < -0.39 is 78.0 Å². The molecule has 3 unspecified atom stereocenters. The van der Waals surface area contributed by atoms with E-state index in [1.807, 2.05) is 0 Å². The fourth-order valence-electron chi connectivity index (χ4n) is 2.24. The molecule has 248 valence electrons. The molecule has 0 aromatic rings. The fourth-order valence-corrected chi connectivity index (χ4v) is 2.24. The van der Waals surface area contributed by atoms with Crippen LogP contribution in [0, 0.1) is 5.92 Å². The van der Waals surface area contributed by atoms with Crippen LogP contribution in [0.1, 0.15) is 20.8 Å². The molecule has 0 radical (unpaired) electrons. The Hall–Kier alpha value is -2.84. The van der Waals surface area contributed by atoms with Crippen LogP contribution in [0.25, 0.3) is 0 Å². The lowest BCUT2D eigenvalue weighted by Gasteiger charge is -2.38. The molecule has 3 atom stereocenters. The van der Waals surface area contributed by atoms with Crippen LogP contribution >= 0.6 is 0 Å². The average Bonchev–Trinajstić information content (AvgIpc) is 2.81. The second-order valence-corrected chi connectivity index (χ2v) is 7.96. The fraction of sp³-hybridized carbons (Fsp3) is 0.700. The molecule has 0 amide bonds. The summed E-state index contributed by atoms with van der Waals surface area (Å²) in [7, 11) is 0. The number of rotatable bonds is 11. The molecule has 0 N–H and O–H groups in total. The van der Waals surface area contributed by atoms with E-state index in [0.29, 0.717) is 13.0 Å². The number of hydrogen-bond acceptors (Lipinski definition) is 4. The lowest BCUT2D eigenvalue weighted by atomic mass is 9.89. The standard InChI is InChI=1S/C11H11F9O2.C9H7F9O2/c1-4-7(21)22-6(3)5(2)8(12,13)9(14,15)10(16,17)11(18,19)20;1-3-5(19)20-4(2)6(10,11)7(12,13)8(14,15)9(16,17)18/h4-6H,1H2,2-3H3;3-4H,1H2,2H3.